The minimum Gasteiger partial charge on any atom is -0.444 e. The van der Waals surface area contributed by atoms with Crippen molar-refractivity contribution in [2.45, 2.75) is 6.54 Å². The van der Waals surface area contributed by atoms with Gasteiger partial charge in [0.15, 0.2) is 12.2 Å². The summed E-state index contributed by atoms with van der Waals surface area (Å²) in [5.41, 5.74) is 3.25. The molecule has 2 aromatic heterocycles. The Morgan fingerprint density at radius 2 is 1.95 bits per heavy atom. The summed E-state index contributed by atoms with van der Waals surface area (Å²) in [5.74, 6) is 0.771. The van der Waals surface area contributed by atoms with E-state index in [4.69, 9.17) is 4.42 Å². The molecule has 0 atom stereocenters. The zero-order valence-electron chi connectivity index (χ0n) is 10.3. The van der Waals surface area contributed by atoms with Gasteiger partial charge in [-0.05, 0) is 29.8 Å². The second-order valence-corrected chi connectivity index (χ2v) is 4.16. The highest BCUT2D eigenvalue weighted by atomic mass is 16.3. The average Bonchev–Trinajstić information content (AvgIpc) is 3.01. The first-order valence-corrected chi connectivity index (χ1v) is 6.03. The average molecular weight is 251 g/mol. The summed E-state index contributed by atoms with van der Waals surface area (Å²) < 4.78 is 5.29. The van der Waals surface area contributed by atoms with E-state index in [1.54, 1.807) is 18.6 Å². The van der Waals surface area contributed by atoms with E-state index < -0.39 is 0 Å². The first-order chi connectivity index (χ1) is 9.42. The Hall–Kier alpha value is -2.62. The molecule has 19 heavy (non-hydrogen) atoms. The number of pyridine rings is 1. The van der Waals surface area contributed by atoms with Crippen molar-refractivity contribution in [3.05, 3.63) is 66.9 Å². The molecule has 1 aromatic carbocycles. The van der Waals surface area contributed by atoms with Gasteiger partial charge in [-0.15, -0.1) is 0 Å². The largest absolute Gasteiger partial charge is 0.444 e. The lowest BCUT2D eigenvalue weighted by atomic mass is 10.1. The molecule has 0 fully saturated rings. The maximum absolute atomic E-state index is 5.29. The second kappa shape index (κ2) is 5.35. The van der Waals surface area contributed by atoms with Gasteiger partial charge in [-0.25, -0.2) is 4.98 Å². The molecule has 3 rings (SSSR count). The van der Waals surface area contributed by atoms with Crippen LogP contribution in [0.4, 0.5) is 5.69 Å². The topological polar surface area (TPSA) is 51.0 Å². The van der Waals surface area contributed by atoms with Gasteiger partial charge in [-0.2, -0.15) is 0 Å². The van der Waals surface area contributed by atoms with Gasteiger partial charge in [0.2, 0.25) is 0 Å². The Morgan fingerprint density at radius 1 is 1.05 bits per heavy atom. The molecule has 0 bridgehead atoms. The summed E-state index contributed by atoms with van der Waals surface area (Å²) in [6.45, 7) is 0.766. The Balaban J connectivity index is 1.74. The smallest absolute Gasteiger partial charge is 0.181 e. The van der Waals surface area contributed by atoms with Gasteiger partial charge < -0.3 is 9.73 Å². The molecule has 0 amide bonds. The summed E-state index contributed by atoms with van der Waals surface area (Å²) in [6.07, 6.45) is 6.73. The Labute approximate surface area is 111 Å². The predicted octanol–water partition coefficient (Wildman–Crippen LogP) is 3.35. The lowest BCUT2D eigenvalue weighted by molar-refractivity contribution is 0.572. The molecule has 1 N–H and O–H groups in total. The minimum atomic E-state index is 0.766. The van der Waals surface area contributed by atoms with Gasteiger partial charge in [0.1, 0.15) is 0 Å². The highest BCUT2D eigenvalue weighted by molar-refractivity contribution is 5.63. The first-order valence-electron chi connectivity index (χ1n) is 6.03. The third-order valence-electron chi connectivity index (χ3n) is 2.83. The van der Waals surface area contributed by atoms with Gasteiger partial charge in [-0.3, -0.25) is 4.98 Å². The third kappa shape index (κ3) is 2.80. The second-order valence-electron chi connectivity index (χ2n) is 4.16. The van der Waals surface area contributed by atoms with E-state index in [1.807, 2.05) is 36.4 Å². The van der Waals surface area contributed by atoms with Crippen molar-refractivity contribution in [3.63, 3.8) is 0 Å². The molecule has 0 saturated carbocycles. The number of benzene rings is 1. The zero-order valence-corrected chi connectivity index (χ0v) is 10.3. The highest BCUT2D eigenvalue weighted by Gasteiger charge is 2.02. The van der Waals surface area contributed by atoms with E-state index in [1.165, 1.54) is 12.0 Å². The quantitative estimate of drug-likeness (QED) is 0.772. The van der Waals surface area contributed by atoms with Crippen LogP contribution in [-0.2, 0) is 6.54 Å². The Bertz CT molecular complexity index is 636. The van der Waals surface area contributed by atoms with Gasteiger partial charge in [0.25, 0.3) is 0 Å². The number of aromatic nitrogens is 2. The number of hydrogen-bond acceptors (Lipinski definition) is 4. The lowest BCUT2D eigenvalue weighted by Crippen LogP contribution is -1.99. The highest BCUT2D eigenvalue weighted by Crippen LogP contribution is 2.22. The van der Waals surface area contributed by atoms with E-state index in [2.05, 4.69) is 15.3 Å². The maximum Gasteiger partial charge on any atom is 0.181 e. The van der Waals surface area contributed by atoms with E-state index in [0.717, 1.165) is 23.6 Å². The van der Waals surface area contributed by atoms with Gasteiger partial charge in [-0.1, -0.05) is 12.1 Å². The molecule has 4 nitrogen and oxygen atoms in total. The maximum atomic E-state index is 5.29. The summed E-state index contributed by atoms with van der Waals surface area (Å²) in [6, 6.07) is 12.0. The van der Waals surface area contributed by atoms with Crippen LogP contribution in [0.25, 0.3) is 11.3 Å². The fourth-order valence-corrected chi connectivity index (χ4v) is 1.85. The number of rotatable bonds is 4. The number of hydrogen-bond donors (Lipinski definition) is 1. The number of nitrogens with one attached hydrogen (secondary N) is 1. The molecule has 0 spiro atoms. The van der Waals surface area contributed by atoms with Crippen molar-refractivity contribution in [1.29, 1.82) is 0 Å². The summed E-state index contributed by atoms with van der Waals surface area (Å²) in [4.78, 5) is 7.93. The molecule has 4 heteroatoms. The summed E-state index contributed by atoms with van der Waals surface area (Å²) in [5, 5.41) is 3.37. The Kier molecular flexibility index (Phi) is 3.23. The van der Waals surface area contributed by atoms with Gasteiger partial charge in [0.05, 0.1) is 6.20 Å². The number of anilines is 1. The number of nitrogens with zero attached hydrogens (tertiary/aromatic N) is 2. The van der Waals surface area contributed by atoms with Gasteiger partial charge in [0, 0.05) is 30.2 Å². The van der Waals surface area contributed by atoms with E-state index in [0.29, 0.717) is 0 Å². The van der Waals surface area contributed by atoms with E-state index >= 15 is 0 Å². The van der Waals surface area contributed by atoms with E-state index in [9.17, 15) is 0 Å². The molecule has 0 radical (unpaired) electrons. The van der Waals surface area contributed by atoms with Crippen LogP contribution in [0.3, 0.4) is 0 Å². The van der Waals surface area contributed by atoms with Crippen molar-refractivity contribution in [2.24, 2.45) is 0 Å². The molecule has 2 heterocycles. The molecule has 94 valence electrons. The van der Waals surface area contributed by atoms with Crippen LogP contribution < -0.4 is 5.32 Å². The van der Waals surface area contributed by atoms with E-state index in [-0.39, 0.29) is 0 Å². The van der Waals surface area contributed by atoms with Crippen molar-refractivity contribution in [2.75, 3.05) is 5.32 Å². The van der Waals surface area contributed by atoms with Crippen LogP contribution in [0.5, 0.6) is 0 Å². The van der Waals surface area contributed by atoms with Crippen LogP contribution in [0.2, 0.25) is 0 Å². The van der Waals surface area contributed by atoms with Crippen molar-refractivity contribution >= 4 is 5.69 Å². The Morgan fingerprint density at radius 3 is 2.74 bits per heavy atom. The van der Waals surface area contributed by atoms with Crippen LogP contribution in [0.1, 0.15) is 5.56 Å². The minimum absolute atomic E-state index is 0.766. The molecule has 0 saturated heterocycles. The number of oxazole rings is 1. The van der Waals surface area contributed by atoms with Crippen molar-refractivity contribution < 1.29 is 4.42 Å². The van der Waals surface area contributed by atoms with Crippen LogP contribution >= 0.6 is 0 Å². The summed E-state index contributed by atoms with van der Waals surface area (Å²) in [7, 11) is 0. The molecule has 0 aliphatic rings. The van der Waals surface area contributed by atoms with Gasteiger partial charge >= 0.3 is 0 Å². The first kappa shape index (κ1) is 11.5. The predicted molar refractivity (Wildman–Crippen MR) is 73.5 cm³/mol. The molecule has 0 aliphatic heterocycles. The zero-order chi connectivity index (χ0) is 12.9. The third-order valence-corrected chi connectivity index (χ3v) is 2.83. The van der Waals surface area contributed by atoms with Crippen molar-refractivity contribution in [3.8, 4) is 11.3 Å². The van der Waals surface area contributed by atoms with Crippen LogP contribution in [0.15, 0.2) is 65.8 Å². The van der Waals surface area contributed by atoms with Crippen LogP contribution in [-0.4, -0.2) is 9.97 Å². The lowest BCUT2D eigenvalue weighted by Gasteiger charge is -2.07. The molecule has 0 aliphatic carbocycles. The standard InChI is InChI=1S/C15H13N3O/c1-2-13(15-10-17-11-19-15)8-14(3-1)18-9-12-4-6-16-7-5-12/h1-8,10-11,18H,9H2. The SMILES string of the molecule is c1cc(NCc2ccncc2)cc(-c2cnco2)c1. The van der Waals surface area contributed by atoms with Crippen LogP contribution in [0, 0.1) is 0 Å². The molecule has 3 aromatic rings. The molecule has 0 unspecified atom stereocenters. The van der Waals surface area contributed by atoms with Crippen molar-refractivity contribution in [1.82, 2.24) is 9.97 Å². The monoisotopic (exact) mass is 251 g/mol. The normalized spacial score (nSPS) is 10.3. The molecular formula is C15H13N3O. The summed E-state index contributed by atoms with van der Waals surface area (Å²) >= 11 is 0. The fourth-order valence-electron chi connectivity index (χ4n) is 1.85. The molecular weight excluding hydrogens is 238 g/mol. The fraction of sp³-hybridized carbons (Fsp3) is 0.0667.